The molecule has 0 unspecified atom stereocenters. The van der Waals surface area contributed by atoms with Crippen molar-refractivity contribution >= 4 is 33.8 Å². The van der Waals surface area contributed by atoms with Crippen molar-refractivity contribution in [3.05, 3.63) is 65.7 Å². The second-order valence-electron chi connectivity index (χ2n) is 6.19. The minimum Gasteiger partial charge on any atom is -0.458 e. The second kappa shape index (κ2) is 12.7. The fraction of sp³-hybridized carbons (Fsp3) is 0.318. The van der Waals surface area contributed by atoms with Crippen LogP contribution in [0.5, 0.6) is 5.75 Å². The minimum atomic E-state index is -0.760. The van der Waals surface area contributed by atoms with Crippen molar-refractivity contribution in [1.29, 1.82) is 0 Å². The molecule has 0 spiro atoms. The van der Waals surface area contributed by atoms with Crippen molar-refractivity contribution in [3.8, 4) is 5.75 Å². The van der Waals surface area contributed by atoms with Gasteiger partial charge in [0.25, 0.3) is 0 Å². The highest BCUT2D eigenvalue weighted by molar-refractivity contribution is 9.09. The predicted molar refractivity (Wildman–Crippen MR) is 111 cm³/mol. The van der Waals surface area contributed by atoms with Crippen molar-refractivity contribution in [3.63, 3.8) is 0 Å². The molecular formula is C22H23BrO6. The summed E-state index contributed by atoms with van der Waals surface area (Å²) in [6.07, 6.45) is 2.87. The average molecular weight is 463 g/mol. The predicted octanol–water partition coefficient (Wildman–Crippen LogP) is 4.45. The topological polar surface area (TPSA) is 78.9 Å². The molecule has 0 heterocycles. The van der Waals surface area contributed by atoms with E-state index in [1.54, 1.807) is 12.1 Å². The summed E-state index contributed by atoms with van der Waals surface area (Å²) < 4.78 is 15.4. The number of esters is 3. The van der Waals surface area contributed by atoms with Crippen LogP contribution in [-0.4, -0.2) is 29.8 Å². The van der Waals surface area contributed by atoms with Crippen LogP contribution < -0.4 is 4.74 Å². The number of rotatable bonds is 11. The summed E-state index contributed by atoms with van der Waals surface area (Å²) >= 11 is 3.34. The first-order valence-corrected chi connectivity index (χ1v) is 10.4. The van der Waals surface area contributed by atoms with Crippen LogP contribution in [0, 0.1) is 0 Å². The van der Waals surface area contributed by atoms with E-state index < -0.39 is 24.5 Å². The molecule has 0 N–H and O–H groups in total. The lowest BCUT2D eigenvalue weighted by molar-refractivity contribution is -0.148. The van der Waals surface area contributed by atoms with Gasteiger partial charge in [-0.05, 0) is 30.5 Å². The maximum absolute atomic E-state index is 12.3. The lowest BCUT2D eigenvalue weighted by Gasteiger charge is -2.10. The molecular weight excluding hydrogens is 440 g/mol. The maximum atomic E-state index is 12.3. The van der Waals surface area contributed by atoms with Gasteiger partial charge in [0, 0.05) is 11.8 Å². The fourth-order valence-electron chi connectivity index (χ4n) is 2.42. The van der Waals surface area contributed by atoms with Crippen molar-refractivity contribution in [2.45, 2.75) is 32.3 Å². The summed E-state index contributed by atoms with van der Waals surface area (Å²) in [5.74, 6) is -1.73. The number of unbranched alkanes of at least 4 members (excludes halogenated alkanes) is 2. The molecule has 2 aromatic rings. The van der Waals surface area contributed by atoms with Gasteiger partial charge in [-0.1, -0.05) is 64.8 Å². The zero-order valence-electron chi connectivity index (χ0n) is 16.0. The smallest absolute Gasteiger partial charge is 0.344 e. The summed E-state index contributed by atoms with van der Waals surface area (Å²) in [6, 6.07) is 15.4. The third kappa shape index (κ3) is 8.48. The minimum absolute atomic E-state index is 0.0807. The van der Waals surface area contributed by atoms with Crippen LogP contribution in [0.15, 0.2) is 54.6 Å². The van der Waals surface area contributed by atoms with E-state index in [0.29, 0.717) is 6.42 Å². The van der Waals surface area contributed by atoms with E-state index in [0.717, 1.165) is 23.7 Å². The normalized spacial score (nSPS) is 10.2. The van der Waals surface area contributed by atoms with Gasteiger partial charge in [-0.2, -0.15) is 0 Å². The van der Waals surface area contributed by atoms with E-state index in [2.05, 4.69) is 15.9 Å². The fourth-order valence-corrected chi connectivity index (χ4v) is 2.82. The van der Waals surface area contributed by atoms with Crippen molar-refractivity contribution in [2.24, 2.45) is 0 Å². The van der Waals surface area contributed by atoms with Gasteiger partial charge in [0.2, 0.25) is 0 Å². The standard InChI is InChI=1S/C22H23BrO6/c23-14-8-2-5-13-20(24)29-19-12-7-6-11-18(19)22(26)28-16-21(25)27-15-17-9-3-1-4-10-17/h1,3-4,6-7,9-12H,2,5,8,13-16H2. The summed E-state index contributed by atoms with van der Waals surface area (Å²) in [6.45, 7) is -0.430. The maximum Gasteiger partial charge on any atom is 0.344 e. The van der Waals surface area contributed by atoms with Gasteiger partial charge in [-0.3, -0.25) is 4.79 Å². The quantitative estimate of drug-likeness (QED) is 0.212. The lowest BCUT2D eigenvalue weighted by Crippen LogP contribution is -2.18. The van der Waals surface area contributed by atoms with Gasteiger partial charge in [-0.25, -0.2) is 9.59 Å². The van der Waals surface area contributed by atoms with E-state index >= 15 is 0 Å². The Bertz CT molecular complexity index is 806. The highest BCUT2D eigenvalue weighted by atomic mass is 79.9. The van der Waals surface area contributed by atoms with Crippen molar-refractivity contribution in [2.75, 3.05) is 11.9 Å². The van der Waals surface area contributed by atoms with E-state index in [1.165, 1.54) is 12.1 Å². The number of alkyl halides is 1. The molecule has 0 bridgehead atoms. The van der Waals surface area contributed by atoms with Crippen LogP contribution in [0.2, 0.25) is 0 Å². The number of carbonyl (C=O) groups excluding carboxylic acids is 3. The van der Waals surface area contributed by atoms with Crippen LogP contribution in [0.1, 0.15) is 41.6 Å². The Balaban J connectivity index is 1.82. The molecule has 0 aliphatic heterocycles. The summed E-state index contributed by atoms with van der Waals surface area (Å²) in [7, 11) is 0. The molecule has 0 fully saturated rings. The number of para-hydroxylation sites is 1. The van der Waals surface area contributed by atoms with Crippen LogP contribution >= 0.6 is 15.9 Å². The number of halogens is 1. The Hall–Kier alpha value is -2.67. The Morgan fingerprint density at radius 2 is 1.52 bits per heavy atom. The molecule has 0 saturated carbocycles. The monoisotopic (exact) mass is 462 g/mol. The zero-order valence-corrected chi connectivity index (χ0v) is 17.6. The molecule has 29 heavy (non-hydrogen) atoms. The molecule has 0 aliphatic rings. The number of benzene rings is 2. The number of ether oxygens (including phenoxy) is 3. The Morgan fingerprint density at radius 1 is 0.793 bits per heavy atom. The molecule has 2 aromatic carbocycles. The molecule has 7 heteroatoms. The highest BCUT2D eigenvalue weighted by Crippen LogP contribution is 2.20. The number of hydrogen-bond donors (Lipinski definition) is 0. The van der Waals surface area contributed by atoms with Crippen LogP contribution in [0.3, 0.4) is 0 Å². The van der Waals surface area contributed by atoms with Crippen LogP contribution in [0.25, 0.3) is 0 Å². The number of hydrogen-bond acceptors (Lipinski definition) is 6. The molecule has 0 saturated heterocycles. The second-order valence-corrected chi connectivity index (χ2v) is 6.99. The van der Waals surface area contributed by atoms with Gasteiger partial charge in [0.1, 0.15) is 17.9 Å². The first-order chi connectivity index (χ1) is 14.1. The van der Waals surface area contributed by atoms with Crippen molar-refractivity contribution in [1.82, 2.24) is 0 Å². The molecule has 0 amide bonds. The molecule has 0 radical (unpaired) electrons. The largest absolute Gasteiger partial charge is 0.458 e. The highest BCUT2D eigenvalue weighted by Gasteiger charge is 2.17. The van der Waals surface area contributed by atoms with Gasteiger partial charge in [-0.15, -0.1) is 0 Å². The molecule has 0 atom stereocenters. The summed E-state index contributed by atoms with van der Waals surface area (Å²) in [4.78, 5) is 36.1. The molecule has 0 aliphatic carbocycles. The van der Waals surface area contributed by atoms with E-state index in [-0.39, 0.29) is 24.3 Å². The summed E-state index contributed by atoms with van der Waals surface area (Å²) in [5.41, 5.74) is 0.915. The summed E-state index contributed by atoms with van der Waals surface area (Å²) in [5, 5.41) is 0.893. The van der Waals surface area contributed by atoms with E-state index in [1.807, 2.05) is 30.3 Å². The Kier molecular flexibility index (Phi) is 9.92. The molecule has 0 aromatic heterocycles. The molecule has 2 rings (SSSR count). The van der Waals surface area contributed by atoms with Gasteiger partial charge < -0.3 is 14.2 Å². The van der Waals surface area contributed by atoms with Gasteiger partial charge in [0.15, 0.2) is 6.61 Å². The van der Waals surface area contributed by atoms with Crippen LogP contribution in [0.4, 0.5) is 0 Å². The van der Waals surface area contributed by atoms with E-state index in [4.69, 9.17) is 14.2 Å². The molecule has 154 valence electrons. The first-order valence-electron chi connectivity index (χ1n) is 9.32. The van der Waals surface area contributed by atoms with Crippen molar-refractivity contribution < 1.29 is 28.6 Å². The Morgan fingerprint density at radius 3 is 2.28 bits per heavy atom. The van der Waals surface area contributed by atoms with Crippen LogP contribution in [-0.2, 0) is 25.7 Å². The Labute approximate surface area is 178 Å². The number of carbonyl (C=O) groups is 3. The average Bonchev–Trinajstić information content (AvgIpc) is 2.74. The molecule has 6 nitrogen and oxygen atoms in total. The van der Waals surface area contributed by atoms with Gasteiger partial charge >= 0.3 is 17.9 Å². The van der Waals surface area contributed by atoms with E-state index in [9.17, 15) is 14.4 Å². The lowest BCUT2D eigenvalue weighted by atomic mass is 10.2. The zero-order chi connectivity index (χ0) is 20.9. The third-order valence-electron chi connectivity index (χ3n) is 3.91. The SMILES string of the molecule is O=C(COC(=O)c1ccccc1OC(=O)CCCCCBr)OCc1ccccc1. The van der Waals surface area contributed by atoms with Gasteiger partial charge in [0.05, 0.1) is 0 Å². The third-order valence-corrected chi connectivity index (χ3v) is 4.47. The first kappa shape index (κ1) is 22.6.